The first-order chi connectivity index (χ1) is 7.50. The molecule has 0 unspecified atom stereocenters. The Morgan fingerprint density at radius 3 is 2.56 bits per heavy atom. The molecule has 1 aromatic rings. The summed E-state index contributed by atoms with van der Waals surface area (Å²) in [7, 11) is 3.77. The molecule has 6 heteroatoms. The van der Waals surface area contributed by atoms with Gasteiger partial charge in [0.2, 0.25) is 0 Å². The lowest BCUT2D eigenvalue weighted by atomic mass is 10.4. The van der Waals surface area contributed by atoms with Crippen molar-refractivity contribution in [2.24, 2.45) is 0 Å². The number of aromatic nitrogens is 1. The van der Waals surface area contributed by atoms with Gasteiger partial charge in [-0.05, 0) is 20.5 Å². The summed E-state index contributed by atoms with van der Waals surface area (Å²) in [5.74, 6) is -4.18. The molecule has 1 heterocycles. The molecule has 0 bridgehead atoms. The molecule has 16 heavy (non-hydrogen) atoms. The average molecular weight is 234 g/mol. The Morgan fingerprint density at radius 1 is 1.25 bits per heavy atom. The fraction of sp³-hybridized carbons (Fsp3) is 0.500. The number of hydrogen-bond acceptors (Lipinski definition) is 3. The SMILES string of the molecule is CN(C)CCCOc1nc(F)c(F)cc1F. The maximum absolute atomic E-state index is 13.0. The standard InChI is InChI=1S/C10H13F3N2O/c1-15(2)4-3-5-16-10-8(12)6-7(11)9(13)14-10/h6H,3-5H2,1-2H3. The lowest BCUT2D eigenvalue weighted by molar-refractivity contribution is 0.255. The summed E-state index contributed by atoms with van der Waals surface area (Å²) in [5, 5.41) is 0. The summed E-state index contributed by atoms with van der Waals surface area (Å²) in [5.41, 5.74) is 0. The third kappa shape index (κ3) is 3.69. The van der Waals surface area contributed by atoms with Crippen LogP contribution in [0.3, 0.4) is 0 Å². The van der Waals surface area contributed by atoms with Crippen molar-refractivity contribution in [3.05, 3.63) is 23.6 Å². The molecule has 0 atom stereocenters. The molecule has 0 N–H and O–H groups in total. The minimum atomic E-state index is -1.36. The van der Waals surface area contributed by atoms with Crippen LogP contribution in [0.2, 0.25) is 0 Å². The predicted octanol–water partition coefficient (Wildman–Crippen LogP) is 1.83. The largest absolute Gasteiger partial charge is 0.475 e. The Hall–Kier alpha value is -1.30. The van der Waals surface area contributed by atoms with E-state index in [-0.39, 0.29) is 6.61 Å². The highest BCUT2D eigenvalue weighted by atomic mass is 19.2. The average Bonchev–Trinajstić information content (AvgIpc) is 2.19. The van der Waals surface area contributed by atoms with Crippen molar-refractivity contribution < 1.29 is 17.9 Å². The molecule has 0 spiro atoms. The van der Waals surface area contributed by atoms with Crippen molar-refractivity contribution in [3.63, 3.8) is 0 Å². The highest BCUT2D eigenvalue weighted by Crippen LogP contribution is 2.16. The van der Waals surface area contributed by atoms with E-state index >= 15 is 0 Å². The molecule has 0 fully saturated rings. The highest BCUT2D eigenvalue weighted by molar-refractivity contribution is 5.15. The topological polar surface area (TPSA) is 25.4 Å². The zero-order valence-corrected chi connectivity index (χ0v) is 9.14. The number of ether oxygens (including phenoxy) is 1. The Balaban J connectivity index is 2.51. The second-order valence-corrected chi connectivity index (χ2v) is 3.55. The summed E-state index contributed by atoms with van der Waals surface area (Å²) in [4.78, 5) is 4.97. The molecule has 0 aliphatic rings. The zero-order valence-electron chi connectivity index (χ0n) is 9.14. The number of pyridine rings is 1. The van der Waals surface area contributed by atoms with Crippen LogP contribution in [0.15, 0.2) is 6.07 Å². The van der Waals surface area contributed by atoms with Crippen LogP contribution in [-0.4, -0.2) is 37.1 Å². The molecule has 90 valence electrons. The molecular formula is C10H13F3N2O. The predicted molar refractivity (Wildman–Crippen MR) is 52.8 cm³/mol. The Labute approximate surface area is 91.8 Å². The van der Waals surface area contributed by atoms with Crippen LogP contribution in [0.5, 0.6) is 5.88 Å². The lowest BCUT2D eigenvalue weighted by Crippen LogP contribution is -2.16. The first kappa shape index (κ1) is 12.8. The Morgan fingerprint density at radius 2 is 1.94 bits per heavy atom. The van der Waals surface area contributed by atoms with Crippen LogP contribution >= 0.6 is 0 Å². The van der Waals surface area contributed by atoms with E-state index in [0.717, 1.165) is 6.54 Å². The number of halogens is 3. The summed E-state index contributed by atoms with van der Waals surface area (Å²) in [6.07, 6.45) is 0.646. The van der Waals surface area contributed by atoms with Crippen LogP contribution in [0.25, 0.3) is 0 Å². The van der Waals surface area contributed by atoms with E-state index in [1.165, 1.54) is 0 Å². The highest BCUT2D eigenvalue weighted by Gasteiger charge is 2.12. The molecular weight excluding hydrogens is 221 g/mol. The Kier molecular flexibility index (Phi) is 4.54. The molecule has 0 aliphatic heterocycles. The van der Waals surface area contributed by atoms with Crippen LogP contribution in [-0.2, 0) is 0 Å². The van der Waals surface area contributed by atoms with Gasteiger partial charge in [0, 0.05) is 12.6 Å². The maximum Gasteiger partial charge on any atom is 0.253 e. The normalized spacial score (nSPS) is 10.9. The van der Waals surface area contributed by atoms with Crippen LogP contribution in [0, 0.1) is 17.6 Å². The molecule has 3 nitrogen and oxygen atoms in total. The summed E-state index contributed by atoms with van der Waals surface area (Å²) in [6, 6.07) is 0.420. The van der Waals surface area contributed by atoms with Gasteiger partial charge in [-0.2, -0.15) is 9.37 Å². The van der Waals surface area contributed by atoms with E-state index in [0.29, 0.717) is 12.5 Å². The van der Waals surface area contributed by atoms with Gasteiger partial charge in [-0.15, -0.1) is 0 Å². The van der Waals surface area contributed by atoms with Crippen molar-refractivity contribution in [3.8, 4) is 5.88 Å². The smallest absolute Gasteiger partial charge is 0.253 e. The van der Waals surface area contributed by atoms with Gasteiger partial charge in [0.25, 0.3) is 11.8 Å². The third-order valence-electron chi connectivity index (χ3n) is 1.84. The quantitative estimate of drug-likeness (QED) is 0.574. The van der Waals surface area contributed by atoms with Crippen LogP contribution < -0.4 is 4.74 Å². The second-order valence-electron chi connectivity index (χ2n) is 3.55. The monoisotopic (exact) mass is 234 g/mol. The van der Waals surface area contributed by atoms with Crippen LogP contribution in [0.4, 0.5) is 13.2 Å². The molecule has 0 saturated carbocycles. The zero-order chi connectivity index (χ0) is 12.1. The van der Waals surface area contributed by atoms with E-state index in [9.17, 15) is 13.2 Å². The van der Waals surface area contributed by atoms with Gasteiger partial charge in [-0.25, -0.2) is 8.78 Å². The van der Waals surface area contributed by atoms with Crippen molar-refractivity contribution in [1.29, 1.82) is 0 Å². The fourth-order valence-corrected chi connectivity index (χ4v) is 1.08. The van der Waals surface area contributed by atoms with Gasteiger partial charge in [0.05, 0.1) is 6.61 Å². The van der Waals surface area contributed by atoms with E-state index in [4.69, 9.17) is 4.74 Å². The van der Waals surface area contributed by atoms with Crippen molar-refractivity contribution >= 4 is 0 Å². The second kappa shape index (κ2) is 5.69. The first-order valence-corrected chi connectivity index (χ1v) is 4.79. The van der Waals surface area contributed by atoms with Crippen molar-refractivity contribution in [1.82, 2.24) is 9.88 Å². The van der Waals surface area contributed by atoms with Gasteiger partial charge < -0.3 is 9.64 Å². The fourth-order valence-electron chi connectivity index (χ4n) is 1.08. The molecule has 0 saturated heterocycles. The van der Waals surface area contributed by atoms with Gasteiger partial charge in [-0.3, -0.25) is 0 Å². The summed E-state index contributed by atoms with van der Waals surface area (Å²) >= 11 is 0. The van der Waals surface area contributed by atoms with E-state index < -0.39 is 23.5 Å². The minimum absolute atomic E-state index is 0.202. The Bertz CT molecular complexity index is 358. The summed E-state index contributed by atoms with van der Waals surface area (Å²) in [6.45, 7) is 0.957. The molecule has 0 radical (unpaired) electrons. The van der Waals surface area contributed by atoms with Gasteiger partial charge in [0.1, 0.15) is 0 Å². The van der Waals surface area contributed by atoms with E-state index in [2.05, 4.69) is 4.98 Å². The maximum atomic E-state index is 13.0. The van der Waals surface area contributed by atoms with Gasteiger partial charge >= 0.3 is 0 Å². The lowest BCUT2D eigenvalue weighted by Gasteiger charge is -2.10. The van der Waals surface area contributed by atoms with Crippen LogP contribution in [0.1, 0.15) is 6.42 Å². The first-order valence-electron chi connectivity index (χ1n) is 4.79. The molecule has 0 amide bonds. The van der Waals surface area contributed by atoms with Crippen molar-refractivity contribution in [2.75, 3.05) is 27.2 Å². The number of nitrogens with zero attached hydrogens (tertiary/aromatic N) is 2. The molecule has 0 aromatic carbocycles. The van der Waals surface area contributed by atoms with Gasteiger partial charge in [0.15, 0.2) is 11.6 Å². The van der Waals surface area contributed by atoms with E-state index in [1.807, 2.05) is 19.0 Å². The molecule has 1 rings (SSSR count). The number of rotatable bonds is 5. The van der Waals surface area contributed by atoms with E-state index in [1.54, 1.807) is 0 Å². The third-order valence-corrected chi connectivity index (χ3v) is 1.84. The summed E-state index contributed by atoms with van der Waals surface area (Å²) < 4.78 is 43.1. The van der Waals surface area contributed by atoms with Gasteiger partial charge in [-0.1, -0.05) is 0 Å². The molecule has 1 aromatic heterocycles. The molecule has 0 aliphatic carbocycles. The van der Waals surface area contributed by atoms with Crippen molar-refractivity contribution in [2.45, 2.75) is 6.42 Å². The minimum Gasteiger partial charge on any atom is -0.475 e. The number of hydrogen-bond donors (Lipinski definition) is 0.